The summed E-state index contributed by atoms with van der Waals surface area (Å²) in [6.45, 7) is 6.16. The molecule has 1 aromatic carbocycles. The molecule has 1 N–H and O–H groups in total. The minimum absolute atomic E-state index is 0.238. The van der Waals surface area contributed by atoms with Gasteiger partial charge in [-0.25, -0.2) is 0 Å². The highest BCUT2D eigenvalue weighted by atomic mass is 16.6. The van der Waals surface area contributed by atoms with Crippen molar-refractivity contribution < 1.29 is 13.9 Å². The van der Waals surface area contributed by atoms with Crippen molar-refractivity contribution in [3.8, 4) is 17.6 Å². The molecule has 0 spiro atoms. The molecule has 0 unspecified atom stereocenters. The lowest BCUT2D eigenvalue weighted by molar-refractivity contribution is 0.321. The summed E-state index contributed by atoms with van der Waals surface area (Å²) in [5, 5.41) is 3.17. The summed E-state index contributed by atoms with van der Waals surface area (Å²) in [4.78, 5) is 4.23. The number of aromatic nitrogens is 1. The molecule has 0 radical (unpaired) electrons. The number of hydrogen-bond donors (Lipinski definition) is 1. The van der Waals surface area contributed by atoms with Crippen molar-refractivity contribution in [1.29, 1.82) is 0 Å². The minimum atomic E-state index is 0.238. The molecule has 2 rings (SSSR count). The fourth-order valence-corrected chi connectivity index (χ4v) is 1.56. The molecule has 19 heavy (non-hydrogen) atoms. The van der Waals surface area contributed by atoms with Gasteiger partial charge in [-0.3, -0.25) is 0 Å². The van der Waals surface area contributed by atoms with E-state index in [0.717, 1.165) is 18.0 Å². The molecule has 5 heteroatoms. The number of ether oxygens (including phenoxy) is 2. The minimum Gasteiger partial charge on any atom is -0.494 e. The van der Waals surface area contributed by atoms with Crippen molar-refractivity contribution in [2.75, 3.05) is 13.2 Å². The van der Waals surface area contributed by atoms with Gasteiger partial charge < -0.3 is 19.2 Å². The van der Waals surface area contributed by atoms with Gasteiger partial charge >= 0.3 is 6.08 Å². The Morgan fingerprint density at radius 3 is 2.89 bits per heavy atom. The van der Waals surface area contributed by atoms with Crippen LogP contribution in [0.1, 0.15) is 19.5 Å². The van der Waals surface area contributed by atoms with E-state index in [9.17, 15) is 0 Å². The van der Waals surface area contributed by atoms with E-state index in [0.29, 0.717) is 18.9 Å². The topological polar surface area (TPSA) is 56.5 Å². The number of nitrogens with one attached hydrogen (secondary N) is 1. The highest BCUT2D eigenvalue weighted by molar-refractivity contribution is 5.34. The van der Waals surface area contributed by atoms with Gasteiger partial charge in [0.25, 0.3) is 0 Å². The predicted octanol–water partition coefficient (Wildman–Crippen LogP) is 2.98. The Morgan fingerprint density at radius 2 is 2.11 bits per heavy atom. The quantitative estimate of drug-likeness (QED) is 0.831. The SMILES string of the molecule is CCNCc1coc(Oc2cccc(OCC)c2)n1. The Kier molecular flexibility index (Phi) is 4.80. The van der Waals surface area contributed by atoms with Gasteiger partial charge in [0.1, 0.15) is 17.8 Å². The normalized spacial score (nSPS) is 10.4. The first-order valence-electron chi connectivity index (χ1n) is 6.37. The van der Waals surface area contributed by atoms with E-state index in [1.54, 1.807) is 12.3 Å². The van der Waals surface area contributed by atoms with E-state index >= 15 is 0 Å². The average molecular weight is 262 g/mol. The Balaban J connectivity index is 2.00. The van der Waals surface area contributed by atoms with Crippen LogP contribution in [0.25, 0.3) is 0 Å². The first-order valence-corrected chi connectivity index (χ1v) is 6.37. The monoisotopic (exact) mass is 262 g/mol. The zero-order valence-corrected chi connectivity index (χ0v) is 11.2. The zero-order valence-electron chi connectivity index (χ0n) is 11.2. The van der Waals surface area contributed by atoms with Crippen LogP contribution >= 0.6 is 0 Å². The van der Waals surface area contributed by atoms with Crippen LogP contribution in [0.15, 0.2) is 34.9 Å². The van der Waals surface area contributed by atoms with E-state index < -0.39 is 0 Å². The van der Waals surface area contributed by atoms with Crippen molar-refractivity contribution in [3.05, 3.63) is 36.2 Å². The summed E-state index contributed by atoms with van der Waals surface area (Å²) in [7, 11) is 0. The third-order valence-electron chi connectivity index (χ3n) is 2.41. The lowest BCUT2D eigenvalue weighted by atomic mass is 10.3. The number of hydrogen-bond acceptors (Lipinski definition) is 5. The number of oxazole rings is 1. The van der Waals surface area contributed by atoms with E-state index in [4.69, 9.17) is 13.9 Å². The Bertz CT molecular complexity index is 511. The maximum absolute atomic E-state index is 5.54. The second kappa shape index (κ2) is 6.80. The van der Waals surface area contributed by atoms with Gasteiger partial charge in [-0.1, -0.05) is 13.0 Å². The summed E-state index contributed by atoms with van der Waals surface area (Å²) in [6.07, 6.45) is 1.83. The van der Waals surface area contributed by atoms with Gasteiger partial charge in [-0.15, -0.1) is 0 Å². The van der Waals surface area contributed by atoms with Crippen LogP contribution in [0.2, 0.25) is 0 Å². The maximum atomic E-state index is 5.54. The van der Waals surface area contributed by atoms with Crippen molar-refractivity contribution in [3.63, 3.8) is 0 Å². The summed E-state index contributed by atoms with van der Waals surface area (Å²) in [5.74, 6) is 1.40. The van der Waals surface area contributed by atoms with Crippen LogP contribution in [0.4, 0.5) is 0 Å². The second-order valence-corrected chi connectivity index (χ2v) is 3.90. The highest BCUT2D eigenvalue weighted by Gasteiger charge is 2.06. The molecule has 0 aliphatic heterocycles. The highest BCUT2D eigenvalue weighted by Crippen LogP contribution is 2.24. The Hall–Kier alpha value is -2.01. The average Bonchev–Trinajstić information content (AvgIpc) is 2.85. The Morgan fingerprint density at radius 1 is 1.26 bits per heavy atom. The van der Waals surface area contributed by atoms with Crippen molar-refractivity contribution in [1.82, 2.24) is 10.3 Å². The molecule has 0 aliphatic rings. The fourth-order valence-electron chi connectivity index (χ4n) is 1.56. The van der Waals surface area contributed by atoms with Crippen LogP contribution in [0, 0.1) is 0 Å². The molecule has 0 aliphatic carbocycles. The lowest BCUT2D eigenvalue weighted by Crippen LogP contribution is -2.11. The van der Waals surface area contributed by atoms with Gasteiger partial charge in [0.2, 0.25) is 0 Å². The second-order valence-electron chi connectivity index (χ2n) is 3.90. The molecule has 0 saturated carbocycles. The lowest BCUT2D eigenvalue weighted by Gasteiger charge is -2.05. The Labute approximate surface area is 112 Å². The van der Waals surface area contributed by atoms with Crippen LogP contribution < -0.4 is 14.8 Å². The predicted molar refractivity (Wildman–Crippen MR) is 71.6 cm³/mol. The van der Waals surface area contributed by atoms with E-state index in [-0.39, 0.29) is 6.08 Å². The molecule has 0 saturated heterocycles. The summed E-state index contributed by atoms with van der Waals surface area (Å²) in [5.41, 5.74) is 0.817. The fraction of sp³-hybridized carbons (Fsp3) is 0.357. The van der Waals surface area contributed by atoms with Crippen molar-refractivity contribution in [2.45, 2.75) is 20.4 Å². The molecule has 102 valence electrons. The maximum Gasteiger partial charge on any atom is 0.399 e. The van der Waals surface area contributed by atoms with Crippen LogP contribution in [-0.2, 0) is 6.54 Å². The van der Waals surface area contributed by atoms with Gasteiger partial charge in [0.15, 0.2) is 0 Å². The van der Waals surface area contributed by atoms with Gasteiger partial charge in [0.05, 0.1) is 12.3 Å². The molecule has 2 aromatic rings. The molecular formula is C14H18N2O3. The molecule has 0 fully saturated rings. The number of rotatable bonds is 7. The third kappa shape index (κ3) is 3.99. The van der Waals surface area contributed by atoms with Crippen molar-refractivity contribution >= 4 is 0 Å². The molecule has 1 aromatic heterocycles. The van der Waals surface area contributed by atoms with Gasteiger partial charge in [0, 0.05) is 12.6 Å². The molecular weight excluding hydrogens is 244 g/mol. The van der Waals surface area contributed by atoms with E-state index in [2.05, 4.69) is 10.3 Å². The number of nitrogens with zero attached hydrogens (tertiary/aromatic N) is 1. The molecule has 0 atom stereocenters. The first-order chi connectivity index (χ1) is 9.31. The van der Waals surface area contributed by atoms with Crippen molar-refractivity contribution in [2.24, 2.45) is 0 Å². The molecule has 0 bridgehead atoms. The van der Waals surface area contributed by atoms with Crippen LogP contribution in [-0.4, -0.2) is 18.1 Å². The zero-order chi connectivity index (χ0) is 13.5. The summed E-state index contributed by atoms with van der Waals surface area (Å²) >= 11 is 0. The molecule has 0 amide bonds. The molecule has 1 heterocycles. The first kappa shape index (κ1) is 13.4. The standard InChI is InChI=1S/C14H18N2O3/c1-3-15-9-11-10-18-14(16-11)19-13-7-5-6-12(8-13)17-4-2/h5-8,10,15H,3-4,9H2,1-2H3. The van der Waals surface area contributed by atoms with Gasteiger partial charge in [-0.2, -0.15) is 4.98 Å². The van der Waals surface area contributed by atoms with E-state index in [1.807, 2.05) is 32.0 Å². The summed E-state index contributed by atoms with van der Waals surface area (Å²) in [6, 6.07) is 7.37. The van der Waals surface area contributed by atoms with Crippen LogP contribution in [0.3, 0.4) is 0 Å². The summed E-state index contributed by atoms with van der Waals surface area (Å²) < 4.78 is 16.2. The third-order valence-corrected chi connectivity index (χ3v) is 2.41. The number of benzene rings is 1. The van der Waals surface area contributed by atoms with Gasteiger partial charge in [-0.05, 0) is 25.6 Å². The smallest absolute Gasteiger partial charge is 0.399 e. The largest absolute Gasteiger partial charge is 0.494 e. The van der Waals surface area contributed by atoms with Crippen LogP contribution in [0.5, 0.6) is 17.6 Å². The van der Waals surface area contributed by atoms with E-state index in [1.165, 1.54) is 0 Å². The molecule has 5 nitrogen and oxygen atoms in total.